The van der Waals surface area contributed by atoms with Crippen LogP contribution >= 0.6 is 12.2 Å². The summed E-state index contributed by atoms with van der Waals surface area (Å²) in [4.78, 5) is 11.6. The van der Waals surface area contributed by atoms with E-state index in [1.807, 2.05) is 18.2 Å². The molecule has 112 valence electrons. The van der Waals surface area contributed by atoms with Crippen LogP contribution in [-0.4, -0.2) is 24.7 Å². The molecule has 1 fully saturated rings. The molecule has 0 atom stereocenters. The minimum Gasteiger partial charge on any atom is -0.493 e. The van der Waals surface area contributed by atoms with Gasteiger partial charge < -0.3 is 14.8 Å². The Morgan fingerprint density at radius 2 is 2.10 bits per heavy atom. The summed E-state index contributed by atoms with van der Waals surface area (Å²) in [6.45, 7) is 2.77. The number of nitrogens with one attached hydrogen (secondary N) is 2. The molecular formula is C15H18N2O3S. The van der Waals surface area contributed by atoms with E-state index in [1.54, 1.807) is 13.2 Å². The number of methoxy groups -OCH3 is 1. The number of thiocarbonyl (C=S) groups is 1. The van der Waals surface area contributed by atoms with Crippen LogP contribution in [0.5, 0.6) is 11.5 Å². The number of hydrogen-bond donors (Lipinski definition) is 2. The zero-order valence-electron chi connectivity index (χ0n) is 12.1. The number of ether oxygens (including phenoxy) is 2. The van der Waals surface area contributed by atoms with Gasteiger partial charge in [0.15, 0.2) is 16.6 Å². The molecule has 1 aromatic carbocycles. The molecule has 0 aliphatic carbocycles. The second-order valence-corrected chi connectivity index (χ2v) is 4.99. The van der Waals surface area contributed by atoms with Crippen molar-refractivity contribution in [2.24, 2.45) is 0 Å². The molecule has 0 bridgehead atoms. The van der Waals surface area contributed by atoms with Gasteiger partial charge in [-0.25, -0.2) is 0 Å². The number of rotatable bonds is 6. The van der Waals surface area contributed by atoms with Crippen molar-refractivity contribution in [1.82, 2.24) is 10.6 Å². The SMILES string of the molecule is CCCCOc1ccc(C=C2NC(=S)NC2=O)cc1OC. The molecule has 2 rings (SSSR count). The van der Waals surface area contributed by atoms with E-state index in [1.165, 1.54) is 0 Å². The van der Waals surface area contributed by atoms with E-state index in [0.29, 0.717) is 28.9 Å². The Hall–Kier alpha value is -2.08. The fourth-order valence-corrected chi connectivity index (χ4v) is 2.07. The van der Waals surface area contributed by atoms with Gasteiger partial charge in [-0.3, -0.25) is 10.1 Å². The van der Waals surface area contributed by atoms with Crippen molar-refractivity contribution in [2.45, 2.75) is 19.8 Å². The van der Waals surface area contributed by atoms with Crippen LogP contribution in [0.2, 0.25) is 0 Å². The third-order valence-corrected chi connectivity index (χ3v) is 3.18. The van der Waals surface area contributed by atoms with Crippen molar-refractivity contribution < 1.29 is 14.3 Å². The molecule has 6 heteroatoms. The fraction of sp³-hybridized carbons (Fsp3) is 0.333. The topological polar surface area (TPSA) is 59.6 Å². The lowest BCUT2D eigenvalue weighted by Gasteiger charge is -2.11. The predicted octanol–water partition coefficient (Wildman–Crippen LogP) is 2.22. The Morgan fingerprint density at radius 1 is 1.29 bits per heavy atom. The third-order valence-electron chi connectivity index (χ3n) is 2.97. The van der Waals surface area contributed by atoms with Gasteiger partial charge in [0.2, 0.25) is 0 Å². The van der Waals surface area contributed by atoms with Crippen molar-refractivity contribution in [3.05, 3.63) is 29.5 Å². The predicted molar refractivity (Wildman–Crippen MR) is 85.3 cm³/mol. The average Bonchev–Trinajstić information content (AvgIpc) is 2.78. The molecule has 0 aromatic heterocycles. The summed E-state index contributed by atoms with van der Waals surface area (Å²) in [5.74, 6) is 1.11. The Balaban J connectivity index is 2.17. The Morgan fingerprint density at radius 3 is 2.71 bits per heavy atom. The lowest BCUT2D eigenvalue weighted by Crippen LogP contribution is -2.21. The Kier molecular flexibility index (Phi) is 5.16. The van der Waals surface area contributed by atoms with Gasteiger partial charge in [0.05, 0.1) is 13.7 Å². The summed E-state index contributed by atoms with van der Waals surface area (Å²) in [6, 6.07) is 5.53. The van der Waals surface area contributed by atoms with Crippen LogP contribution in [0.3, 0.4) is 0 Å². The quantitative estimate of drug-likeness (QED) is 0.479. The van der Waals surface area contributed by atoms with E-state index < -0.39 is 0 Å². The summed E-state index contributed by atoms with van der Waals surface area (Å²) >= 11 is 4.89. The van der Waals surface area contributed by atoms with Gasteiger partial charge >= 0.3 is 0 Å². The van der Waals surface area contributed by atoms with Crippen molar-refractivity contribution in [3.63, 3.8) is 0 Å². The lowest BCUT2D eigenvalue weighted by molar-refractivity contribution is -0.115. The van der Waals surface area contributed by atoms with Crippen LogP contribution in [0, 0.1) is 0 Å². The van der Waals surface area contributed by atoms with Gasteiger partial charge in [-0.2, -0.15) is 0 Å². The van der Waals surface area contributed by atoms with Crippen LogP contribution in [-0.2, 0) is 4.79 Å². The standard InChI is InChI=1S/C15H18N2O3S/c1-3-4-7-20-12-6-5-10(9-13(12)19-2)8-11-14(18)17-15(21)16-11/h5-6,8-9H,3-4,7H2,1-2H3,(H2,16,17,18,21). The maximum Gasteiger partial charge on any atom is 0.273 e. The van der Waals surface area contributed by atoms with Crippen molar-refractivity contribution >= 4 is 29.3 Å². The van der Waals surface area contributed by atoms with E-state index in [-0.39, 0.29) is 5.91 Å². The summed E-state index contributed by atoms with van der Waals surface area (Å²) in [5, 5.41) is 5.64. The number of amides is 1. The van der Waals surface area contributed by atoms with Crippen LogP contribution in [0.4, 0.5) is 0 Å². The second-order valence-electron chi connectivity index (χ2n) is 4.58. The van der Waals surface area contributed by atoms with Crippen LogP contribution in [0.25, 0.3) is 6.08 Å². The van der Waals surface area contributed by atoms with E-state index in [2.05, 4.69) is 17.6 Å². The molecule has 5 nitrogen and oxygen atoms in total. The zero-order valence-corrected chi connectivity index (χ0v) is 12.9. The normalized spacial score (nSPS) is 15.8. The van der Waals surface area contributed by atoms with Crippen molar-refractivity contribution in [1.29, 1.82) is 0 Å². The molecule has 21 heavy (non-hydrogen) atoms. The summed E-state index contributed by atoms with van der Waals surface area (Å²) < 4.78 is 11.0. The first-order valence-electron chi connectivity index (χ1n) is 6.79. The summed E-state index contributed by atoms with van der Waals surface area (Å²) in [7, 11) is 1.59. The number of carbonyl (C=O) groups excluding carboxylic acids is 1. The molecule has 0 saturated carbocycles. The molecule has 0 spiro atoms. The number of hydrogen-bond acceptors (Lipinski definition) is 4. The molecule has 1 heterocycles. The number of unbranched alkanes of at least 4 members (excludes halogenated alkanes) is 1. The van der Waals surface area contributed by atoms with Gasteiger partial charge in [-0.1, -0.05) is 19.4 Å². The van der Waals surface area contributed by atoms with Gasteiger partial charge in [0.25, 0.3) is 5.91 Å². The fourth-order valence-electron chi connectivity index (χ4n) is 1.87. The first-order valence-corrected chi connectivity index (χ1v) is 7.19. The van der Waals surface area contributed by atoms with E-state index in [4.69, 9.17) is 21.7 Å². The van der Waals surface area contributed by atoms with Crippen molar-refractivity contribution in [2.75, 3.05) is 13.7 Å². The molecular weight excluding hydrogens is 288 g/mol. The summed E-state index contributed by atoms with van der Waals surface area (Å²) in [6.07, 6.45) is 3.79. The Bertz CT molecular complexity index is 584. The molecule has 1 aliphatic rings. The third kappa shape index (κ3) is 3.95. The monoisotopic (exact) mass is 306 g/mol. The van der Waals surface area contributed by atoms with Gasteiger partial charge in [-0.05, 0) is 42.4 Å². The Labute approximate surface area is 129 Å². The first-order chi connectivity index (χ1) is 10.1. The smallest absolute Gasteiger partial charge is 0.273 e. The highest BCUT2D eigenvalue weighted by Crippen LogP contribution is 2.29. The van der Waals surface area contributed by atoms with Gasteiger partial charge in [0.1, 0.15) is 5.70 Å². The molecule has 1 saturated heterocycles. The highest BCUT2D eigenvalue weighted by Gasteiger charge is 2.20. The van der Waals surface area contributed by atoms with E-state index in [9.17, 15) is 4.79 Å². The van der Waals surface area contributed by atoms with E-state index >= 15 is 0 Å². The molecule has 0 unspecified atom stereocenters. The minimum absolute atomic E-state index is 0.234. The molecule has 0 radical (unpaired) electrons. The largest absolute Gasteiger partial charge is 0.493 e. The molecule has 2 N–H and O–H groups in total. The summed E-state index contributed by atoms with van der Waals surface area (Å²) in [5.41, 5.74) is 1.25. The van der Waals surface area contributed by atoms with E-state index in [0.717, 1.165) is 18.4 Å². The second kappa shape index (κ2) is 7.08. The molecule has 1 amide bonds. The average molecular weight is 306 g/mol. The molecule has 1 aliphatic heterocycles. The first kappa shape index (κ1) is 15.3. The number of carbonyl (C=O) groups is 1. The maximum atomic E-state index is 11.6. The maximum absolute atomic E-state index is 11.6. The van der Waals surface area contributed by atoms with Gasteiger partial charge in [-0.15, -0.1) is 0 Å². The van der Waals surface area contributed by atoms with Crippen LogP contribution < -0.4 is 20.1 Å². The lowest BCUT2D eigenvalue weighted by atomic mass is 10.1. The van der Waals surface area contributed by atoms with Crippen LogP contribution in [0.1, 0.15) is 25.3 Å². The number of benzene rings is 1. The molecule has 1 aromatic rings. The zero-order chi connectivity index (χ0) is 15.2. The highest BCUT2D eigenvalue weighted by atomic mass is 32.1. The highest BCUT2D eigenvalue weighted by molar-refractivity contribution is 7.80. The van der Waals surface area contributed by atoms with Gasteiger partial charge in [0, 0.05) is 0 Å². The minimum atomic E-state index is -0.234. The van der Waals surface area contributed by atoms with Crippen LogP contribution in [0.15, 0.2) is 23.9 Å². The van der Waals surface area contributed by atoms with Crippen molar-refractivity contribution in [3.8, 4) is 11.5 Å².